The van der Waals surface area contributed by atoms with E-state index in [4.69, 9.17) is 11.6 Å². The van der Waals surface area contributed by atoms with Crippen molar-refractivity contribution in [3.8, 4) is 0 Å². The molecule has 1 aromatic carbocycles. The zero-order valence-corrected chi connectivity index (χ0v) is 10.9. The molecule has 1 atom stereocenters. The fraction of sp³-hybridized carbons (Fsp3) is 0.400. The number of benzene rings is 1. The van der Waals surface area contributed by atoms with Gasteiger partial charge in [0, 0.05) is 12.2 Å². The second-order valence-electron chi connectivity index (χ2n) is 3.35. The smallest absolute Gasteiger partial charge is 0.390 e. The Balaban J connectivity index is 2.88. The number of aliphatic hydroxyl groups excluding tert-OH is 1. The van der Waals surface area contributed by atoms with Gasteiger partial charge < -0.3 is 10.4 Å². The summed E-state index contributed by atoms with van der Waals surface area (Å²) in [6.07, 6.45) is -5.22. The van der Waals surface area contributed by atoms with Gasteiger partial charge in [0.1, 0.15) is 0 Å². The molecule has 2 nitrogen and oxygen atoms in total. The minimum absolute atomic E-state index is 0.0174. The van der Waals surface area contributed by atoms with Crippen LogP contribution in [0.3, 0.4) is 0 Å². The van der Waals surface area contributed by atoms with Crippen molar-refractivity contribution in [1.82, 2.24) is 0 Å². The topological polar surface area (TPSA) is 32.3 Å². The molecular formula is C10H10BrClF3NO. The van der Waals surface area contributed by atoms with E-state index in [-0.39, 0.29) is 22.6 Å². The summed E-state index contributed by atoms with van der Waals surface area (Å²) in [6.45, 7) is 0.0867. The summed E-state index contributed by atoms with van der Waals surface area (Å²) in [5.41, 5.74) is -0.494. The van der Waals surface area contributed by atoms with E-state index < -0.39 is 17.8 Å². The van der Waals surface area contributed by atoms with Crippen molar-refractivity contribution in [3.63, 3.8) is 0 Å². The summed E-state index contributed by atoms with van der Waals surface area (Å²) in [4.78, 5) is 0. The van der Waals surface area contributed by atoms with E-state index in [9.17, 15) is 18.3 Å². The van der Waals surface area contributed by atoms with Gasteiger partial charge >= 0.3 is 6.18 Å². The number of hydrogen-bond acceptors (Lipinski definition) is 2. The summed E-state index contributed by atoms with van der Waals surface area (Å²) < 4.78 is 37.6. The molecule has 1 aromatic rings. The molecule has 0 bridgehead atoms. The van der Waals surface area contributed by atoms with Crippen molar-refractivity contribution >= 4 is 33.2 Å². The maximum Gasteiger partial charge on any atom is 0.417 e. The molecule has 7 heteroatoms. The highest BCUT2D eigenvalue weighted by atomic mass is 79.9. The van der Waals surface area contributed by atoms with Crippen LogP contribution in [0.4, 0.5) is 18.9 Å². The first-order chi connectivity index (χ1) is 7.86. The van der Waals surface area contributed by atoms with Crippen molar-refractivity contribution in [2.75, 3.05) is 17.7 Å². The van der Waals surface area contributed by atoms with Crippen LogP contribution < -0.4 is 5.32 Å². The number of nitrogens with one attached hydrogen (secondary N) is 1. The van der Waals surface area contributed by atoms with Gasteiger partial charge in [0.25, 0.3) is 0 Å². The average Bonchev–Trinajstić information content (AvgIpc) is 2.25. The van der Waals surface area contributed by atoms with E-state index in [1.807, 2.05) is 0 Å². The standard InChI is InChI=1S/C10H10BrClF3NO/c11-9-7(10(13,14)15)2-1-3-8(9)16-5-6(17)4-12/h1-3,6,16-17H,4-5H2. The summed E-state index contributed by atoms with van der Waals surface area (Å²) in [7, 11) is 0. The minimum atomic E-state index is -4.42. The molecule has 0 aromatic heterocycles. The first-order valence-electron chi connectivity index (χ1n) is 4.70. The molecule has 0 saturated heterocycles. The molecular weight excluding hydrogens is 322 g/mol. The minimum Gasteiger partial charge on any atom is -0.390 e. The monoisotopic (exact) mass is 331 g/mol. The molecule has 0 amide bonds. The van der Waals surface area contributed by atoms with Gasteiger partial charge in [-0.2, -0.15) is 13.2 Å². The molecule has 0 spiro atoms. The molecule has 0 aliphatic rings. The lowest BCUT2D eigenvalue weighted by Crippen LogP contribution is -2.21. The number of aliphatic hydroxyl groups is 1. The third kappa shape index (κ3) is 4.04. The van der Waals surface area contributed by atoms with Crippen molar-refractivity contribution in [1.29, 1.82) is 0 Å². The Bertz CT molecular complexity index is 386. The lowest BCUT2D eigenvalue weighted by Gasteiger charge is -2.15. The average molecular weight is 333 g/mol. The number of halogens is 5. The van der Waals surface area contributed by atoms with Gasteiger partial charge in [-0.3, -0.25) is 0 Å². The Hall–Kier alpha value is -0.460. The molecule has 17 heavy (non-hydrogen) atoms. The Morgan fingerprint density at radius 3 is 2.59 bits per heavy atom. The fourth-order valence-corrected chi connectivity index (χ4v) is 1.91. The van der Waals surface area contributed by atoms with E-state index in [0.29, 0.717) is 0 Å². The first kappa shape index (κ1) is 14.6. The molecule has 96 valence electrons. The molecule has 0 radical (unpaired) electrons. The summed E-state index contributed by atoms with van der Waals surface area (Å²) in [5.74, 6) is 0.0174. The molecule has 1 rings (SSSR count). The highest BCUT2D eigenvalue weighted by molar-refractivity contribution is 9.10. The zero-order chi connectivity index (χ0) is 13.1. The van der Waals surface area contributed by atoms with Crippen molar-refractivity contribution in [2.24, 2.45) is 0 Å². The van der Waals surface area contributed by atoms with E-state index in [1.54, 1.807) is 0 Å². The lowest BCUT2D eigenvalue weighted by atomic mass is 10.2. The van der Waals surface area contributed by atoms with Gasteiger partial charge in [-0.05, 0) is 28.1 Å². The number of alkyl halides is 4. The molecule has 0 fully saturated rings. The number of hydrogen-bond donors (Lipinski definition) is 2. The fourth-order valence-electron chi connectivity index (χ4n) is 1.17. The second kappa shape index (κ2) is 5.93. The highest BCUT2D eigenvalue weighted by Crippen LogP contribution is 2.38. The van der Waals surface area contributed by atoms with Crippen LogP contribution in [0.15, 0.2) is 22.7 Å². The van der Waals surface area contributed by atoms with Crippen molar-refractivity contribution in [3.05, 3.63) is 28.2 Å². The van der Waals surface area contributed by atoms with Crippen LogP contribution in [-0.2, 0) is 6.18 Å². The third-order valence-electron chi connectivity index (χ3n) is 2.01. The molecule has 2 N–H and O–H groups in total. The molecule has 0 aliphatic heterocycles. The molecule has 1 unspecified atom stereocenters. The largest absolute Gasteiger partial charge is 0.417 e. The maximum atomic E-state index is 12.6. The van der Waals surface area contributed by atoms with Gasteiger partial charge in [-0.25, -0.2) is 0 Å². The van der Waals surface area contributed by atoms with Crippen LogP contribution in [-0.4, -0.2) is 23.6 Å². The Kier molecular flexibility index (Phi) is 5.09. The predicted octanol–water partition coefficient (Wildman–Crippen LogP) is 3.48. The van der Waals surface area contributed by atoms with Gasteiger partial charge in [-0.1, -0.05) is 6.07 Å². The van der Waals surface area contributed by atoms with E-state index in [1.165, 1.54) is 12.1 Å². The molecule has 0 saturated carbocycles. The van der Waals surface area contributed by atoms with Crippen LogP contribution in [0.1, 0.15) is 5.56 Å². The van der Waals surface area contributed by atoms with Crippen LogP contribution in [0.2, 0.25) is 0 Å². The Morgan fingerprint density at radius 2 is 2.06 bits per heavy atom. The first-order valence-corrected chi connectivity index (χ1v) is 6.02. The third-order valence-corrected chi connectivity index (χ3v) is 3.22. The van der Waals surface area contributed by atoms with Gasteiger partial charge in [0.15, 0.2) is 0 Å². The second-order valence-corrected chi connectivity index (χ2v) is 4.46. The van der Waals surface area contributed by atoms with Gasteiger partial charge in [0.2, 0.25) is 0 Å². The van der Waals surface area contributed by atoms with Crippen LogP contribution >= 0.6 is 27.5 Å². The summed E-state index contributed by atoms with van der Waals surface area (Å²) >= 11 is 8.27. The van der Waals surface area contributed by atoms with Crippen molar-refractivity contribution < 1.29 is 18.3 Å². The summed E-state index contributed by atoms with van der Waals surface area (Å²) in [5, 5.41) is 11.9. The molecule has 0 heterocycles. The van der Waals surface area contributed by atoms with E-state index in [0.717, 1.165) is 6.07 Å². The maximum absolute atomic E-state index is 12.6. The normalized spacial score (nSPS) is 13.5. The Labute approximate surface area is 110 Å². The van der Waals surface area contributed by atoms with Gasteiger partial charge in [-0.15, -0.1) is 11.6 Å². The van der Waals surface area contributed by atoms with Crippen LogP contribution in [0, 0.1) is 0 Å². The van der Waals surface area contributed by atoms with Crippen molar-refractivity contribution in [2.45, 2.75) is 12.3 Å². The Morgan fingerprint density at radius 1 is 1.41 bits per heavy atom. The van der Waals surface area contributed by atoms with E-state index >= 15 is 0 Å². The molecule has 0 aliphatic carbocycles. The lowest BCUT2D eigenvalue weighted by molar-refractivity contribution is -0.138. The summed E-state index contributed by atoms with van der Waals surface area (Å²) in [6, 6.07) is 3.76. The zero-order valence-electron chi connectivity index (χ0n) is 8.56. The predicted molar refractivity (Wildman–Crippen MR) is 64.4 cm³/mol. The number of rotatable bonds is 4. The van der Waals surface area contributed by atoms with E-state index in [2.05, 4.69) is 21.2 Å². The quantitative estimate of drug-likeness (QED) is 0.828. The highest BCUT2D eigenvalue weighted by Gasteiger charge is 2.33. The SMILES string of the molecule is OC(CCl)CNc1cccc(C(F)(F)F)c1Br. The van der Waals surface area contributed by atoms with Crippen LogP contribution in [0.25, 0.3) is 0 Å². The number of anilines is 1. The van der Waals surface area contributed by atoms with Gasteiger partial charge in [0.05, 0.1) is 22.0 Å². The van der Waals surface area contributed by atoms with Crippen LogP contribution in [0.5, 0.6) is 0 Å².